The molecule has 7 heteroatoms. The molecule has 1 aromatic rings. The van der Waals surface area contributed by atoms with Crippen molar-refractivity contribution in [2.24, 2.45) is 11.8 Å². The van der Waals surface area contributed by atoms with Gasteiger partial charge in [0.05, 0.1) is 28.7 Å². The second-order valence-electron chi connectivity index (χ2n) is 9.03. The number of rotatable bonds is 14. The summed E-state index contributed by atoms with van der Waals surface area (Å²) in [5, 5.41) is 15.5. The van der Waals surface area contributed by atoms with E-state index in [4.69, 9.17) is 34.3 Å². The van der Waals surface area contributed by atoms with Gasteiger partial charge >= 0.3 is 5.97 Å². The standard InChI is InChI=1S/C26H36N2O3S2/c29-26(30)14-7-2-1-6-12-20-21(23-16-15-22(20)31-23)17-27-25(33)18-28-24(32)13-8-11-19-9-4-3-5-10-19/h1,3-6,9-10,20-23H,2,7-8,11-18H2,(H,27,33)(H,28,32)(H,29,30)/t20-,21+,22-,23+/m1/s1. The van der Waals surface area contributed by atoms with Crippen LogP contribution < -0.4 is 10.6 Å². The number of aliphatic carboxylic acids is 1. The fraction of sp³-hybridized carbons (Fsp3) is 0.577. The average Bonchev–Trinajstić information content (AvgIpc) is 3.41. The molecule has 2 heterocycles. The second kappa shape index (κ2) is 13.8. The van der Waals surface area contributed by atoms with Gasteiger partial charge in [0.25, 0.3) is 0 Å². The zero-order chi connectivity index (χ0) is 23.5. The van der Waals surface area contributed by atoms with Crippen LogP contribution >= 0.6 is 24.4 Å². The predicted molar refractivity (Wildman–Crippen MR) is 141 cm³/mol. The molecule has 33 heavy (non-hydrogen) atoms. The molecule has 4 atom stereocenters. The fourth-order valence-electron chi connectivity index (χ4n) is 4.88. The average molecular weight is 489 g/mol. The third-order valence-corrected chi connectivity index (χ3v) is 7.26. The van der Waals surface area contributed by atoms with Crippen LogP contribution in [0.1, 0.15) is 56.9 Å². The predicted octanol–water partition coefficient (Wildman–Crippen LogP) is 4.84. The maximum absolute atomic E-state index is 10.6. The van der Waals surface area contributed by atoms with Crippen molar-refractivity contribution in [3.8, 4) is 0 Å². The zero-order valence-electron chi connectivity index (χ0n) is 19.2. The van der Waals surface area contributed by atoms with E-state index in [1.807, 2.05) is 6.07 Å². The van der Waals surface area contributed by atoms with Gasteiger partial charge in [0.2, 0.25) is 0 Å². The largest absolute Gasteiger partial charge is 0.481 e. The monoisotopic (exact) mass is 488 g/mol. The maximum atomic E-state index is 10.6. The Morgan fingerprint density at radius 3 is 2.52 bits per heavy atom. The number of unbranched alkanes of at least 4 members (excludes halogenated alkanes) is 1. The molecule has 2 aliphatic rings. The van der Waals surface area contributed by atoms with Gasteiger partial charge in [0.1, 0.15) is 0 Å². The van der Waals surface area contributed by atoms with Gasteiger partial charge in [-0.25, -0.2) is 0 Å². The minimum Gasteiger partial charge on any atom is -0.481 e. The van der Waals surface area contributed by atoms with E-state index in [-0.39, 0.29) is 6.42 Å². The summed E-state index contributed by atoms with van der Waals surface area (Å²) >= 11 is 11.0. The van der Waals surface area contributed by atoms with Crippen molar-refractivity contribution in [3.05, 3.63) is 48.0 Å². The Kier molecular flexibility index (Phi) is 10.8. The quantitative estimate of drug-likeness (QED) is 0.197. The van der Waals surface area contributed by atoms with Crippen molar-refractivity contribution < 1.29 is 14.6 Å². The van der Waals surface area contributed by atoms with Gasteiger partial charge < -0.3 is 20.5 Å². The van der Waals surface area contributed by atoms with Crippen molar-refractivity contribution in [2.75, 3.05) is 13.1 Å². The first-order valence-corrected chi connectivity index (χ1v) is 12.9. The number of ether oxygens (including phenoxy) is 1. The molecule has 180 valence electrons. The molecule has 2 bridgehead atoms. The van der Waals surface area contributed by atoms with Crippen LogP contribution in [0.5, 0.6) is 0 Å². The van der Waals surface area contributed by atoms with Crippen molar-refractivity contribution in [1.29, 1.82) is 0 Å². The highest BCUT2D eigenvalue weighted by molar-refractivity contribution is 7.80. The number of carboxylic acids is 1. The molecular formula is C26H36N2O3S2. The number of fused-ring (bicyclic) bond motifs is 2. The highest BCUT2D eigenvalue weighted by Crippen LogP contribution is 2.44. The van der Waals surface area contributed by atoms with Gasteiger partial charge in [0.15, 0.2) is 0 Å². The molecule has 2 fully saturated rings. The number of carbonyl (C=O) groups is 1. The van der Waals surface area contributed by atoms with E-state index in [0.717, 1.165) is 61.5 Å². The first-order chi connectivity index (χ1) is 16.0. The molecule has 5 nitrogen and oxygen atoms in total. The molecule has 2 saturated heterocycles. The van der Waals surface area contributed by atoms with Crippen LogP contribution in [-0.4, -0.2) is 46.4 Å². The molecule has 2 aliphatic heterocycles. The van der Waals surface area contributed by atoms with Crippen LogP contribution in [0.25, 0.3) is 0 Å². The Balaban J connectivity index is 1.32. The van der Waals surface area contributed by atoms with E-state index in [9.17, 15) is 4.79 Å². The summed E-state index contributed by atoms with van der Waals surface area (Å²) in [5.41, 5.74) is 1.34. The summed E-state index contributed by atoms with van der Waals surface area (Å²) in [5.74, 6) is 0.236. The van der Waals surface area contributed by atoms with Crippen LogP contribution in [0.2, 0.25) is 0 Å². The Hall–Kier alpha value is -1.83. The van der Waals surface area contributed by atoms with Crippen LogP contribution in [0.3, 0.4) is 0 Å². The van der Waals surface area contributed by atoms with Crippen molar-refractivity contribution in [1.82, 2.24) is 10.6 Å². The number of nitrogens with one attached hydrogen (secondary N) is 2. The van der Waals surface area contributed by atoms with Gasteiger partial charge in [-0.05, 0) is 62.8 Å². The summed E-state index contributed by atoms with van der Waals surface area (Å²) in [6.45, 7) is 1.41. The Labute approximate surface area is 208 Å². The molecule has 3 N–H and O–H groups in total. The number of hydrogen-bond donors (Lipinski definition) is 3. The number of thiocarbonyl (C=S) groups is 2. The molecule has 3 rings (SSSR count). The van der Waals surface area contributed by atoms with Gasteiger partial charge in [0, 0.05) is 18.9 Å². The maximum Gasteiger partial charge on any atom is 0.303 e. The number of carboxylic acid groups (broad SMARTS) is 1. The first-order valence-electron chi connectivity index (χ1n) is 12.1. The Morgan fingerprint density at radius 2 is 1.76 bits per heavy atom. The number of allylic oxidation sites excluding steroid dienone is 2. The Bertz CT molecular complexity index is 815. The Morgan fingerprint density at radius 1 is 1.00 bits per heavy atom. The zero-order valence-corrected chi connectivity index (χ0v) is 20.8. The lowest BCUT2D eigenvalue weighted by Crippen LogP contribution is -2.41. The normalized spacial score (nSPS) is 23.6. The van der Waals surface area contributed by atoms with Gasteiger partial charge in [-0.2, -0.15) is 0 Å². The molecular weight excluding hydrogens is 452 g/mol. The van der Waals surface area contributed by atoms with E-state index in [2.05, 4.69) is 47.1 Å². The van der Waals surface area contributed by atoms with Crippen molar-refractivity contribution in [2.45, 2.75) is 70.0 Å². The second-order valence-corrected chi connectivity index (χ2v) is 10.0. The third kappa shape index (κ3) is 8.80. The molecule has 0 unspecified atom stereocenters. The SMILES string of the molecule is O=C(O)CCCC=CC[C@@H]1[C@H](CNC(=S)CNC(=S)CCCc2ccccc2)[C@@H]2CC[C@H]1O2. The number of hydrogen-bond acceptors (Lipinski definition) is 4. The summed E-state index contributed by atoms with van der Waals surface area (Å²) < 4.78 is 6.19. The lowest BCUT2D eigenvalue weighted by atomic mass is 9.77. The van der Waals surface area contributed by atoms with Crippen LogP contribution in [-0.2, 0) is 16.0 Å². The molecule has 0 aromatic heterocycles. The summed E-state index contributed by atoms with van der Waals surface area (Å²) in [6, 6.07) is 10.5. The molecule has 0 amide bonds. The molecule has 0 saturated carbocycles. The summed E-state index contributed by atoms with van der Waals surface area (Å²) in [4.78, 5) is 12.3. The highest BCUT2D eigenvalue weighted by Gasteiger charge is 2.47. The van der Waals surface area contributed by atoms with E-state index >= 15 is 0 Å². The van der Waals surface area contributed by atoms with Crippen LogP contribution in [0.15, 0.2) is 42.5 Å². The van der Waals surface area contributed by atoms with Crippen LogP contribution in [0, 0.1) is 11.8 Å². The fourth-order valence-corrected chi connectivity index (χ4v) is 5.25. The molecule has 0 aliphatic carbocycles. The van der Waals surface area contributed by atoms with Gasteiger partial charge in [-0.1, -0.05) is 66.9 Å². The minimum atomic E-state index is -0.727. The molecule has 0 radical (unpaired) electrons. The van der Waals surface area contributed by atoms with Gasteiger partial charge in [-0.3, -0.25) is 4.79 Å². The van der Waals surface area contributed by atoms with Gasteiger partial charge in [-0.15, -0.1) is 0 Å². The van der Waals surface area contributed by atoms with Crippen molar-refractivity contribution >= 4 is 40.4 Å². The topological polar surface area (TPSA) is 70.6 Å². The number of aryl methyl sites for hydroxylation is 1. The number of benzene rings is 1. The van der Waals surface area contributed by atoms with E-state index < -0.39 is 5.97 Å². The van der Waals surface area contributed by atoms with E-state index in [1.54, 1.807) is 0 Å². The minimum absolute atomic E-state index is 0.232. The lowest BCUT2D eigenvalue weighted by Gasteiger charge is -2.28. The van der Waals surface area contributed by atoms with E-state index in [0.29, 0.717) is 37.0 Å². The van der Waals surface area contributed by atoms with Crippen molar-refractivity contribution in [3.63, 3.8) is 0 Å². The first kappa shape index (κ1) is 25.8. The van der Waals surface area contributed by atoms with E-state index in [1.165, 1.54) is 5.56 Å². The molecule has 1 aromatic carbocycles. The summed E-state index contributed by atoms with van der Waals surface area (Å²) in [7, 11) is 0. The van der Waals surface area contributed by atoms with Crippen LogP contribution in [0.4, 0.5) is 0 Å². The third-order valence-electron chi connectivity index (χ3n) is 6.62. The smallest absolute Gasteiger partial charge is 0.303 e. The summed E-state index contributed by atoms with van der Waals surface area (Å²) in [6.07, 6.45) is 12.9. The highest BCUT2D eigenvalue weighted by atomic mass is 32.1. The molecule has 0 spiro atoms. The lowest BCUT2D eigenvalue weighted by molar-refractivity contribution is -0.137.